The van der Waals surface area contributed by atoms with Gasteiger partial charge in [-0.3, -0.25) is 0 Å². The third-order valence-corrected chi connectivity index (χ3v) is 1.22. The average Bonchev–Trinajstić information content (AvgIpc) is 1.78. The average molecular weight is 129 g/mol. The molecule has 9 heavy (non-hydrogen) atoms. The van der Waals surface area contributed by atoms with Crippen molar-refractivity contribution in [3.8, 4) is 0 Å². The highest BCUT2D eigenvalue weighted by Crippen LogP contribution is 2.29. The van der Waals surface area contributed by atoms with Gasteiger partial charge >= 0.3 is 0 Å². The van der Waals surface area contributed by atoms with E-state index in [-0.39, 0.29) is 5.60 Å². The number of hydrogen-bond acceptors (Lipinski definition) is 2. The van der Waals surface area contributed by atoms with Crippen molar-refractivity contribution in [2.45, 2.75) is 32.2 Å². The van der Waals surface area contributed by atoms with E-state index in [4.69, 9.17) is 9.47 Å². The second-order valence-corrected chi connectivity index (χ2v) is 3.24. The summed E-state index contributed by atoms with van der Waals surface area (Å²) in [6.45, 7) is 10.1. The maximum absolute atomic E-state index is 5.40. The lowest BCUT2D eigenvalue weighted by atomic mass is 10.2. The Hall–Kier alpha value is -0.0800. The lowest BCUT2D eigenvalue weighted by Crippen LogP contribution is -2.27. The Bertz CT molecular complexity index is 102. The van der Waals surface area contributed by atoms with Gasteiger partial charge in [0.25, 0.3) is 0 Å². The second-order valence-electron chi connectivity index (χ2n) is 3.24. The first-order valence-corrected chi connectivity index (χ1v) is 3.11. The highest BCUT2D eigenvalue weighted by Gasteiger charge is 2.38. The van der Waals surface area contributed by atoms with E-state index in [1.165, 1.54) is 0 Å². The van der Waals surface area contributed by atoms with Crippen molar-refractivity contribution in [3.63, 3.8) is 0 Å². The summed E-state index contributed by atoms with van der Waals surface area (Å²) in [5, 5.41) is 0. The van der Waals surface area contributed by atoms with Crippen LogP contribution in [0.1, 0.15) is 20.8 Å². The summed E-state index contributed by atoms with van der Waals surface area (Å²) in [5.41, 5.74) is -0.344. The van der Waals surface area contributed by atoms with Crippen LogP contribution in [0, 0.1) is 6.92 Å². The quantitative estimate of drug-likeness (QED) is 0.491. The van der Waals surface area contributed by atoms with Crippen LogP contribution >= 0.6 is 0 Å². The van der Waals surface area contributed by atoms with Crippen molar-refractivity contribution in [1.82, 2.24) is 0 Å². The molecule has 1 radical (unpaired) electrons. The molecule has 2 nitrogen and oxygen atoms in total. The van der Waals surface area contributed by atoms with E-state index < -0.39 is 5.79 Å². The van der Waals surface area contributed by atoms with Gasteiger partial charge in [0, 0.05) is 0 Å². The van der Waals surface area contributed by atoms with E-state index in [2.05, 4.69) is 6.92 Å². The Morgan fingerprint density at radius 1 is 1.33 bits per heavy atom. The molecule has 0 spiro atoms. The number of ether oxygens (including phenoxy) is 2. The van der Waals surface area contributed by atoms with Gasteiger partial charge in [-0.05, 0) is 27.7 Å². The van der Waals surface area contributed by atoms with Crippen molar-refractivity contribution < 1.29 is 9.47 Å². The lowest BCUT2D eigenvalue weighted by Gasteiger charge is -2.20. The third-order valence-electron chi connectivity index (χ3n) is 1.22. The number of rotatable bonds is 0. The monoisotopic (exact) mass is 129 g/mol. The summed E-state index contributed by atoms with van der Waals surface area (Å²) in [4.78, 5) is 0. The van der Waals surface area contributed by atoms with E-state index in [1.54, 1.807) is 0 Å². The van der Waals surface area contributed by atoms with Crippen molar-refractivity contribution in [3.05, 3.63) is 6.92 Å². The zero-order valence-electron chi connectivity index (χ0n) is 6.23. The minimum absolute atomic E-state index is 0.344. The molecule has 0 saturated carbocycles. The molecule has 1 saturated heterocycles. The highest BCUT2D eigenvalue weighted by molar-refractivity contribution is 4.85. The molecule has 0 N–H and O–H groups in total. The maximum atomic E-state index is 5.40. The Labute approximate surface area is 56.2 Å². The molecule has 0 bridgehead atoms. The van der Waals surface area contributed by atoms with Crippen molar-refractivity contribution in [2.75, 3.05) is 6.61 Å². The van der Waals surface area contributed by atoms with E-state index in [0.717, 1.165) is 0 Å². The molecule has 0 aliphatic carbocycles. The van der Waals surface area contributed by atoms with Crippen LogP contribution in [-0.4, -0.2) is 18.0 Å². The van der Waals surface area contributed by atoms with E-state index in [0.29, 0.717) is 6.61 Å². The van der Waals surface area contributed by atoms with Crippen LogP contribution in [0.3, 0.4) is 0 Å². The van der Waals surface area contributed by atoms with E-state index in [9.17, 15) is 0 Å². The molecule has 0 aromatic rings. The Morgan fingerprint density at radius 2 is 1.89 bits per heavy atom. The van der Waals surface area contributed by atoms with Gasteiger partial charge < -0.3 is 9.47 Å². The van der Waals surface area contributed by atoms with Crippen LogP contribution in [0.4, 0.5) is 0 Å². The molecule has 1 aliphatic heterocycles. The molecule has 53 valence electrons. The maximum Gasteiger partial charge on any atom is 0.163 e. The first-order chi connectivity index (χ1) is 3.91. The first-order valence-electron chi connectivity index (χ1n) is 3.11. The highest BCUT2D eigenvalue weighted by atomic mass is 16.7. The van der Waals surface area contributed by atoms with E-state index in [1.807, 2.05) is 20.8 Å². The summed E-state index contributed by atoms with van der Waals surface area (Å²) in [6, 6.07) is 0. The molecule has 0 aromatic carbocycles. The van der Waals surface area contributed by atoms with Gasteiger partial charge in [-0.2, -0.15) is 0 Å². The molecule has 0 amide bonds. The lowest BCUT2D eigenvalue weighted by molar-refractivity contribution is -0.148. The SMILES string of the molecule is [CH2][C@]1(C)COC(C)(C)O1. The summed E-state index contributed by atoms with van der Waals surface area (Å²) in [5.74, 6) is -0.434. The molecular weight excluding hydrogens is 116 g/mol. The van der Waals surface area contributed by atoms with Crippen molar-refractivity contribution >= 4 is 0 Å². The third kappa shape index (κ3) is 1.66. The fourth-order valence-corrected chi connectivity index (χ4v) is 0.979. The fourth-order valence-electron chi connectivity index (χ4n) is 0.979. The minimum Gasteiger partial charge on any atom is -0.348 e. The van der Waals surface area contributed by atoms with Crippen molar-refractivity contribution in [2.24, 2.45) is 0 Å². The van der Waals surface area contributed by atoms with Crippen LogP contribution in [0.2, 0.25) is 0 Å². The predicted molar refractivity (Wildman–Crippen MR) is 34.9 cm³/mol. The van der Waals surface area contributed by atoms with Crippen LogP contribution in [0.15, 0.2) is 0 Å². The standard InChI is InChI=1S/C7H13O2/c1-6(2)5-8-7(3,4)9-6/h1,5H2,2-4H3/t6-/m0/s1. The molecule has 1 heterocycles. The first kappa shape index (κ1) is 7.03. The molecule has 0 unspecified atom stereocenters. The number of hydrogen-bond donors (Lipinski definition) is 0. The van der Waals surface area contributed by atoms with Gasteiger partial charge in [-0.25, -0.2) is 0 Å². The molecular formula is C7H13O2. The smallest absolute Gasteiger partial charge is 0.163 e. The van der Waals surface area contributed by atoms with Gasteiger partial charge in [0.15, 0.2) is 5.79 Å². The van der Waals surface area contributed by atoms with Gasteiger partial charge in [-0.1, -0.05) is 0 Å². The molecule has 2 heteroatoms. The summed E-state index contributed by atoms with van der Waals surface area (Å²) >= 11 is 0. The zero-order valence-corrected chi connectivity index (χ0v) is 6.23. The molecule has 1 atom stereocenters. The van der Waals surface area contributed by atoms with E-state index >= 15 is 0 Å². The van der Waals surface area contributed by atoms with Gasteiger partial charge in [-0.15, -0.1) is 0 Å². The molecule has 1 aliphatic rings. The normalized spacial score (nSPS) is 30.7. The van der Waals surface area contributed by atoms with Crippen LogP contribution in [-0.2, 0) is 9.47 Å². The van der Waals surface area contributed by atoms with Crippen LogP contribution < -0.4 is 0 Å². The van der Waals surface area contributed by atoms with Crippen molar-refractivity contribution in [1.29, 1.82) is 0 Å². The summed E-state index contributed by atoms with van der Waals surface area (Å²) in [7, 11) is 0. The summed E-state index contributed by atoms with van der Waals surface area (Å²) in [6.07, 6.45) is 0. The van der Waals surface area contributed by atoms with Gasteiger partial charge in [0.1, 0.15) is 0 Å². The molecule has 0 aromatic heterocycles. The Morgan fingerprint density at radius 3 is 2.00 bits per heavy atom. The second kappa shape index (κ2) is 1.70. The summed E-state index contributed by atoms with van der Waals surface area (Å²) < 4.78 is 10.7. The van der Waals surface area contributed by atoms with Crippen LogP contribution in [0.5, 0.6) is 0 Å². The Kier molecular flexibility index (Phi) is 1.33. The largest absolute Gasteiger partial charge is 0.348 e. The van der Waals surface area contributed by atoms with Gasteiger partial charge in [0.2, 0.25) is 0 Å². The molecule has 1 fully saturated rings. The minimum atomic E-state index is -0.434. The predicted octanol–water partition coefficient (Wildman–Crippen LogP) is 1.36. The van der Waals surface area contributed by atoms with Crippen LogP contribution in [0.25, 0.3) is 0 Å². The fraction of sp³-hybridized carbons (Fsp3) is 0.857. The zero-order chi connectivity index (χ0) is 7.12. The molecule has 1 rings (SSSR count). The van der Waals surface area contributed by atoms with Gasteiger partial charge in [0.05, 0.1) is 12.2 Å². The Balaban J connectivity index is 2.58. The topological polar surface area (TPSA) is 18.5 Å².